The number of carbonyl (C=O) groups excluding carboxylic acids is 1. The maximum absolute atomic E-state index is 13.5. The van der Waals surface area contributed by atoms with E-state index in [1.54, 1.807) is 0 Å². The normalized spacial score (nSPS) is 11.4. The number of aromatic nitrogens is 3. The van der Waals surface area contributed by atoms with E-state index in [9.17, 15) is 22.4 Å². The van der Waals surface area contributed by atoms with Crippen LogP contribution in [0.1, 0.15) is 21.7 Å². The minimum Gasteiger partial charge on any atom is -0.351 e. The lowest BCUT2D eigenvalue weighted by Gasteiger charge is -2.10. The second kappa shape index (κ2) is 5.90. The molecule has 1 aromatic carbocycles. The van der Waals surface area contributed by atoms with E-state index in [0.717, 1.165) is 0 Å². The van der Waals surface area contributed by atoms with E-state index in [4.69, 9.17) is 0 Å². The first-order valence-corrected chi connectivity index (χ1v) is 5.87. The van der Waals surface area contributed by atoms with Crippen molar-refractivity contribution in [2.24, 2.45) is 0 Å². The summed E-state index contributed by atoms with van der Waals surface area (Å²) in [5.41, 5.74) is -1.73. The molecule has 0 radical (unpaired) electrons. The van der Waals surface area contributed by atoms with Gasteiger partial charge < -0.3 is 5.32 Å². The number of alkyl halides is 3. The Labute approximate surface area is 116 Å². The van der Waals surface area contributed by atoms with Crippen molar-refractivity contribution < 1.29 is 22.4 Å². The molecule has 0 aliphatic heterocycles. The van der Waals surface area contributed by atoms with E-state index >= 15 is 0 Å². The van der Waals surface area contributed by atoms with E-state index in [-0.39, 0.29) is 6.54 Å². The number of hydrogen-bond acceptors (Lipinski definition) is 3. The fourth-order valence-electron chi connectivity index (χ4n) is 1.62. The second-order valence-electron chi connectivity index (χ2n) is 4.13. The van der Waals surface area contributed by atoms with Gasteiger partial charge in [0.15, 0.2) is 0 Å². The van der Waals surface area contributed by atoms with Gasteiger partial charge in [-0.25, -0.2) is 9.37 Å². The summed E-state index contributed by atoms with van der Waals surface area (Å²) in [5, 5.41) is 8.48. The first-order valence-electron chi connectivity index (χ1n) is 5.87. The van der Waals surface area contributed by atoms with E-state index in [1.165, 1.54) is 6.33 Å². The van der Waals surface area contributed by atoms with Crippen LogP contribution >= 0.6 is 0 Å². The Morgan fingerprint density at radius 1 is 1.33 bits per heavy atom. The molecule has 0 aliphatic rings. The molecule has 0 unspecified atom stereocenters. The van der Waals surface area contributed by atoms with Gasteiger partial charge in [-0.1, -0.05) is 0 Å². The summed E-state index contributed by atoms with van der Waals surface area (Å²) in [6, 6.07) is 1.69. The molecule has 0 saturated heterocycles. The first kappa shape index (κ1) is 14.9. The van der Waals surface area contributed by atoms with Crippen LogP contribution in [-0.4, -0.2) is 27.6 Å². The summed E-state index contributed by atoms with van der Waals surface area (Å²) in [6.07, 6.45) is -3.06. The summed E-state index contributed by atoms with van der Waals surface area (Å²) >= 11 is 0. The Morgan fingerprint density at radius 2 is 2.10 bits per heavy atom. The number of halogens is 4. The van der Waals surface area contributed by atoms with Crippen LogP contribution in [0.15, 0.2) is 24.5 Å². The lowest BCUT2D eigenvalue weighted by molar-refractivity contribution is -0.137. The van der Waals surface area contributed by atoms with Crippen LogP contribution in [0.4, 0.5) is 17.6 Å². The lowest BCUT2D eigenvalue weighted by atomic mass is 10.1. The van der Waals surface area contributed by atoms with Gasteiger partial charge in [0.05, 0.1) is 11.1 Å². The smallest absolute Gasteiger partial charge is 0.351 e. The van der Waals surface area contributed by atoms with Gasteiger partial charge in [-0.3, -0.25) is 9.89 Å². The Hall–Kier alpha value is -2.45. The predicted octanol–water partition coefficient (Wildman–Crippen LogP) is 1.94. The number of H-pyrrole nitrogens is 1. The molecule has 1 aromatic heterocycles. The molecule has 2 N–H and O–H groups in total. The largest absolute Gasteiger partial charge is 0.416 e. The van der Waals surface area contributed by atoms with Gasteiger partial charge in [-0.15, -0.1) is 0 Å². The third-order valence-corrected chi connectivity index (χ3v) is 2.65. The third-order valence-electron chi connectivity index (χ3n) is 2.65. The standard InChI is InChI=1S/C12H10F4N4O/c13-9-2-1-7(12(14,15)16)5-8(9)11(21)17-4-3-10-18-6-19-20-10/h1-2,5-6H,3-4H2,(H,17,21)(H,18,19,20). The average molecular weight is 302 g/mol. The van der Waals surface area contributed by atoms with E-state index < -0.39 is 29.0 Å². The number of benzene rings is 1. The maximum Gasteiger partial charge on any atom is 0.416 e. The van der Waals surface area contributed by atoms with Gasteiger partial charge in [0, 0.05) is 13.0 Å². The third kappa shape index (κ3) is 3.77. The van der Waals surface area contributed by atoms with Crippen molar-refractivity contribution in [1.29, 1.82) is 0 Å². The summed E-state index contributed by atoms with van der Waals surface area (Å²) in [6.45, 7) is 0.0870. The Kier molecular flexibility index (Phi) is 4.20. The van der Waals surface area contributed by atoms with Crippen molar-refractivity contribution in [2.45, 2.75) is 12.6 Å². The highest BCUT2D eigenvalue weighted by Crippen LogP contribution is 2.30. The molecule has 0 bridgehead atoms. The molecule has 0 spiro atoms. The molecule has 2 aromatic rings. The zero-order valence-electron chi connectivity index (χ0n) is 10.5. The van der Waals surface area contributed by atoms with Crippen molar-refractivity contribution in [2.75, 3.05) is 6.54 Å². The minimum atomic E-state index is -4.64. The van der Waals surface area contributed by atoms with E-state index in [1.807, 2.05) is 0 Å². The number of nitrogens with one attached hydrogen (secondary N) is 2. The van der Waals surface area contributed by atoms with Crippen LogP contribution < -0.4 is 5.32 Å². The van der Waals surface area contributed by atoms with Crippen molar-refractivity contribution in [3.8, 4) is 0 Å². The molecule has 9 heteroatoms. The van der Waals surface area contributed by atoms with E-state index in [2.05, 4.69) is 20.5 Å². The van der Waals surface area contributed by atoms with Gasteiger partial charge in [0.1, 0.15) is 18.0 Å². The zero-order chi connectivity index (χ0) is 15.5. The quantitative estimate of drug-likeness (QED) is 0.848. The lowest BCUT2D eigenvalue weighted by Crippen LogP contribution is -2.27. The molecular weight excluding hydrogens is 292 g/mol. The molecule has 1 heterocycles. The van der Waals surface area contributed by atoms with Crippen LogP contribution in [-0.2, 0) is 12.6 Å². The van der Waals surface area contributed by atoms with Crippen molar-refractivity contribution in [3.05, 3.63) is 47.3 Å². The molecule has 112 valence electrons. The predicted molar refractivity (Wildman–Crippen MR) is 63.8 cm³/mol. The van der Waals surface area contributed by atoms with Gasteiger partial charge in [-0.2, -0.15) is 18.3 Å². The van der Waals surface area contributed by atoms with Crippen molar-refractivity contribution in [3.63, 3.8) is 0 Å². The fraction of sp³-hybridized carbons (Fsp3) is 0.250. The van der Waals surface area contributed by atoms with Crippen molar-refractivity contribution >= 4 is 5.91 Å². The summed E-state index contributed by atoms with van der Waals surface area (Å²) in [7, 11) is 0. The molecule has 21 heavy (non-hydrogen) atoms. The van der Waals surface area contributed by atoms with Crippen LogP contribution in [0, 0.1) is 5.82 Å². The van der Waals surface area contributed by atoms with Crippen molar-refractivity contribution in [1.82, 2.24) is 20.5 Å². The highest BCUT2D eigenvalue weighted by atomic mass is 19.4. The number of aromatic amines is 1. The molecule has 1 amide bonds. The van der Waals surface area contributed by atoms with Crippen LogP contribution in [0.2, 0.25) is 0 Å². The number of amides is 1. The molecule has 0 saturated carbocycles. The van der Waals surface area contributed by atoms with Crippen LogP contribution in [0.25, 0.3) is 0 Å². The van der Waals surface area contributed by atoms with Gasteiger partial charge in [0.2, 0.25) is 0 Å². The van der Waals surface area contributed by atoms with Gasteiger partial charge in [0.25, 0.3) is 5.91 Å². The molecule has 2 rings (SSSR count). The number of carbonyl (C=O) groups is 1. The van der Waals surface area contributed by atoms with Gasteiger partial charge >= 0.3 is 6.18 Å². The highest BCUT2D eigenvalue weighted by molar-refractivity contribution is 5.94. The zero-order valence-corrected chi connectivity index (χ0v) is 10.5. The first-order chi connectivity index (χ1) is 9.88. The SMILES string of the molecule is O=C(NCCc1ncn[nH]1)c1cc(C(F)(F)F)ccc1F. The minimum absolute atomic E-state index is 0.0870. The molecule has 5 nitrogen and oxygen atoms in total. The average Bonchev–Trinajstić information content (AvgIpc) is 2.91. The Balaban J connectivity index is 2.04. The summed E-state index contributed by atoms with van der Waals surface area (Å²) in [4.78, 5) is 15.5. The maximum atomic E-state index is 13.5. The van der Waals surface area contributed by atoms with Crippen LogP contribution in [0.3, 0.4) is 0 Å². The Bertz CT molecular complexity index is 625. The number of hydrogen-bond donors (Lipinski definition) is 2. The highest BCUT2D eigenvalue weighted by Gasteiger charge is 2.31. The second-order valence-corrected chi connectivity index (χ2v) is 4.13. The molecule has 0 aliphatic carbocycles. The topological polar surface area (TPSA) is 70.7 Å². The molecule has 0 atom stereocenters. The summed E-state index contributed by atoms with van der Waals surface area (Å²) in [5.74, 6) is -1.43. The summed E-state index contributed by atoms with van der Waals surface area (Å²) < 4.78 is 51.0. The number of nitrogens with zero attached hydrogens (tertiary/aromatic N) is 2. The number of rotatable bonds is 4. The van der Waals surface area contributed by atoms with Crippen LogP contribution in [0.5, 0.6) is 0 Å². The molecular formula is C12H10F4N4O. The fourth-order valence-corrected chi connectivity index (χ4v) is 1.62. The van der Waals surface area contributed by atoms with Gasteiger partial charge in [-0.05, 0) is 18.2 Å². The molecule has 0 fully saturated rings. The van der Waals surface area contributed by atoms with E-state index in [0.29, 0.717) is 30.4 Å². The monoisotopic (exact) mass is 302 g/mol. The Morgan fingerprint density at radius 3 is 2.71 bits per heavy atom.